The van der Waals surface area contributed by atoms with Crippen LogP contribution < -0.4 is 26.0 Å². The Hall–Kier alpha value is -3.22. The van der Waals surface area contributed by atoms with Crippen LogP contribution in [-0.4, -0.2) is 59.6 Å². The van der Waals surface area contributed by atoms with E-state index in [2.05, 4.69) is 44.2 Å². The second kappa shape index (κ2) is 11.2. The molecule has 0 saturated carbocycles. The van der Waals surface area contributed by atoms with Crippen molar-refractivity contribution in [3.8, 4) is 5.75 Å². The van der Waals surface area contributed by atoms with E-state index in [1.165, 1.54) is 17.5 Å². The summed E-state index contributed by atoms with van der Waals surface area (Å²) in [4.78, 5) is 24.9. The van der Waals surface area contributed by atoms with Crippen molar-refractivity contribution in [2.75, 3.05) is 41.7 Å². The summed E-state index contributed by atoms with van der Waals surface area (Å²) in [7, 11) is 0. The quantitative estimate of drug-likeness (QED) is 0.353. The van der Waals surface area contributed by atoms with E-state index < -0.39 is 12.5 Å². The fourth-order valence-corrected chi connectivity index (χ4v) is 4.70. The fourth-order valence-electron chi connectivity index (χ4n) is 3.86. The number of aromatic nitrogens is 2. The number of anilines is 5. The van der Waals surface area contributed by atoms with Crippen LogP contribution in [0.4, 0.5) is 37.6 Å². The van der Waals surface area contributed by atoms with Crippen LogP contribution in [0.15, 0.2) is 35.8 Å². The van der Waals surface area contributed by atoms with Crippen LogP contribution in [0, 0.1) is 0 Å². The van der Waals surface area contributed by atoms with Gasteiger partial charge in [-0.2, -0.15) is 13.8 Å². The zero-order valence-corrected chi connectivity index (χ0v) is 21.2. The molecule has 1 aromatic carbocycles. The second-order valence-electron chi connectivity index (χ2n) is 8.34. The first-order valence-electron chi connectivity index (χ1n) is 11.2. The maximum Gasteiger partial charge on any atom is 0.387 e. The smallest absolute Gasteiger partial charge is 0.387 e. The minimum absolute atomic E-state index is 0.0318. The van der Waals surface area contributed by atoms with Gasteiger partial charge in [-0.15, -0.1) is 11.3 Å². The topological polar surface area (TPSA) is 109 Å². The lowest BCUT2D eigenvalue weighted by atomic mass is 10.2. The SMILES string of the molecule is CC(C)N1CCN(c2ccc(Nc3ncc(Cl)c(Nc4ccsc4C(N)=O)n3)c(OC(F)F)c2)CC1. The van der Waals surface area contributed by atoms with Gasteiger partial charge in [0.1, 0.15) is 9.90 Å². The van der Waals surface area contributed by atoms with E-state index in [1.54, 1.807) is 23.6 Å². The van der Waals surface area contributed by atoms with Crippen LogP contribution >= 0.6 is 22.9 Å². The number of benzene rings is 1. The first-order chi connectivity index (χ1) is 17.2. The molecule has 1 saturated heterocycles. The van der Waals surface area contributed by atoms with Crippen molar-refractivity contribution in [3.63, 3.8) is 0 Å². The lowest BCUT2D eigenvalue weighted by molar-refractivity contribution is -0.0493. The molecule has 1 aliphatic heterocycles. The molecule has 0 spiro atoms. The van der Waals surface area contributed by atoms with Gasteiger partial charge in [-0.1, -0.05) is 11.6 Å². The van der Waals surface area contributed by atoms with E-state index in [0.717, 1.165) is 31.9 Å². The molecule has 0 aliphatic carbocycles. The number of amides is 1. The molecule has 3 heterocycles. The Morgan fingerprint density at radius 3 is 2.58 bits per heavy atom. The van der Waals surface area contributed by atoms with E-state index in [0.29, 0.717) is 16.6 Å². The standard InChI is InChI=1S/C23H26ClF2N7O2S/c1-13(2)32-6-8-33(9-7-32)14-3-4-16(18(11-14)35-22(25)26)30-23-28-12-15(24)21(31-23)29-17-5-10-36-19(17)20(27)34/h3-5,10-13,22H,6-9H2,1-2H3,(H2,27,34)(H2,28,29,30,31). The molecule has 4 rings (SSSR count). The summed E-state index contributed by atoms with van der Waals surface area (Å²) in [6, 6.07) is 7.20. The number of rotatable bonds is 9. The maximum absolute atomic E-state index is 13.2. The Morgan fingerprint density at radius 2 is 1.92 bits per heavy atom. The number of nitrogens with one attached hydrogen (secondary N) is 2. The Balaban J connectivity index is 1.55. The van der Waals surface area contributed by atoms with E-state index >= 15 is 0 Å². The van der Waals surface area contributed by atoms with Gasteiger partial charge in [-0.3, -0.25) is 9.69 Å². The summed E-state index contributed by atoms with van der Waals surface area (Å²) < 4.78 is 31.2. The van der Waals surface area contributed by atoms with Crippen molar-refractivity contribution in [2.45, 2.75) is 26.5 Å². The number of hydrogen-bond acceptors (Lipinski definition) is 9. The molecule has 3 aromatic rings. The number of nitrogens with zero attached hydrogens (tertiary/aromatic N) is 4. The Kier molecular flexibility index (Phi) is 8.07. The average Bonchev–Trinajstić information content (AvgIpc) is 3.30. The molecule has 9 nitrogen and oxygen atoms in total. The monoisotopic (exact) mass is 537 g/mol. The van der Waals surface area contributed by atoms with Crippen LogP contribution in [0.2, 0.25) is 5.02 Å². The highest BCUT2D eigenvalue weighted by molar-refractivity contribution is 7.12. The summed E-state index contributed by atoms with van der Waals surface area (Å²) in [5.41, 5.74) is 6.90. The number of carbonyl (C=O) groups is 1. The van der Waals surface area contributed by atoms with Crippen molar-refractivity contribution in [1.29, 1.82) is 0 Å². The number of hydrogen-bond donors (Lipinski definition) is 3. The van der Waals surface area contributed by atoms with Crippen LogP contribution in [0.25, 0.3) is 0 Å². The van der Waals surface area contributed by atoms with Gasteiger partial charge in [-0.25, -0.2) is 4.98 Å². The average molecular weight is 538 g/mol. The normalized spacial score (nSPS) is 14.4. The molecule has 0 unspecified atom stereocenters. The molecule has 13 heteroatoms. The van der Waals surface area contributed by atoms with Gasteiger partial charge < -0.3 is 26.0 Å². The molecule has 36 heavy (non-hydrogen) atoms. The van der Waals surface area contributed by atoms with E-state index in [9.17, 15) is 13.6 Å². The van der Waals surface area contributed by atoms with Crippen molar-refractivity contribution in [2.24, 2.45) is 5.73 Å². The molecule has 192 valence electrons. The minimum atomic E-state index is -3.01. The summed E-state index contributed by atoms with van der Waals surface area (Å²) in [6.45, 7) is 4.64. The number of ether oxygens (including phenoxy) is 1. The lowest BCUT2D eigenvalue weighted by Crippen LogP contribution is -2.48. The predicted octanol–water partition coefficient (Wildman–Crippen LogP) is 4.91. The lowest BCUT2D eigenvalue weighted by Gasteiger charge is -2.38. The number of nitrogens with two attached hydrogens (primary N) is 1. The van der Waals surface area contributed by atoms with Crippen LogP contribution in [0.5, 0.6) is 5.75 Å². The second-order valence-corrected chi connectivity index (χ2v) is 9.67. The van der Waals surface area contributed by atoms with Crippen molar-refractivity contribution < 1.29 is 18.3 Å². The van der Waals surface area contributed by atoms with Gasteiger partial charge in [-0.05, 0) is 37.4 Å². The fraction of sp³-hybridized carbons (Fsp3) is 0.348. The third-order valence-corrected chi connectivity index (χ3v) is 6.93. The summed E-state index contributed by atoms with van der Waals surface area (Å²) in [6.07, 6.45) is 1.35. The van der Waals surface area contributed by atoms with Gasteiger partial charge in [0.15, 0.2) is 11.6 Å². The van der Waals surface area contributed by atoms with Crippen molar-refractivity contribution >= 4 is 57.7 Å². The van der Waals surface area contributed by atoms with Gasteiger partial charge in [0.25, 0.3) is 5.91 Å². The Bertz CT molecular complexity index is 1220. The molecule has 0 bridgehead atoms. The van der Waals surface area contributed by atoms with E-state index in [1.807, 2.05) is 6.07 Å². The Morgan fingerprint density at radius 1 is 1.17 bits per heavy atom. The first-order valence-corrected chi connectivity index (χ1v) is 12.5. The summed E-state index contributed by atoms with van der Waals surface area (Å²) >= 11 is 7.40. The first kappa shape index (κ1) is 25.9. The van der Waals surface area contributed by atoms with E-state index in [-0.39, 0.29) is 28.2 Å². The summed E-state index contributed by atoms with van der Waals surface area (Å²) in [5.74, 6) is -0.313. The molecule has 1 aliphatic rings. The number of piperazine rings is 1. The van der Waals surface area contributed by atoms with Crippen molar-refractivity contribution in [3.05, 3.63) is 45.7 Å². The van der Waals surface area contributed by atoms with Crippen LogP contribution in [0.1, 0.15) is 23.5 Å². The third kappa shape index (κ3) is 6.12. The number of thiophene rings is 1. The zero-order valence-electron chi connectivity index (χ0n) is 19.7. The van der Waals surface area contributed by atoms with Crippen LogP contribution in [-0.2, 0) is 0 Å². The highest BCUT2D eigenvalue weighted by atomic mass is 35.5. The summed E-state index contributed by atoms with van der Waals surface area (Å²) in [5, 5.41) is 7.78. The Labute approximate surface area is 216 Å². The molecule has 0 radical (unpaired) electrons. The molecule has 1 fully saturated rings. The zero-order chi connectivity index (χ0) is 25.8. The number of primary amides is 1. The molecule has 1 amide bonds. The molecule has 4 N–H and O–H groups in total. The highest BCUT2D eigenvalue weighted by Gasteiger charge is 2.21. The van der Waals surface area contributed by atoms with Crippen molar-refractivity contribution in [1.82, 2.24) is 14.9 Å². The maximum atomic E-state index is 13.2. The number of halogens is 3. The number of alkyl halides is 2. The van der Waals surface area contributed by atoms with Gasteiger partial charge >= 0.3 is 6.61 Å². The molecular formula is C23H26ClF2N7O2S. The number of carbonyl (C=O) groups excluding carboxylic acids is 1. The van der Waals surface area contributed by atoms with Gasteiger partial charge in [0.2, 0.25) is 5.95 Å². The van der Waals surface area contributed by atoms with Crippen LogP contribution in [0.3, 0.4) is 0 Å². The molecule has 0 atom stereocenters. The highest BCUT2D eigenvalue weighted by Crippen LogP contribution is 2.34. The third-order valence-electron chi connectivity index (χ3n) is 5.72. The molecular weight excluding hydrogens is 512 g/mol. The van der Waals surface area contributed by atoms with E-state index in [4.69, 9.17) is 22.1 Å². The van der Waals surface area contributed by atoms with Gasteiger partial charge in [0, 0.05) is 44.0 Å². The predicted molar refractivity (Wildman–Crippen MR) is 138 cm³/mol. The van der Waals surface area contributed by atoms with Gasteiger partial charge in [0.05, 0.1) is 17.6 Å². The minimum Gasteiger partial charge on any atom is -0.433 e. The largest absolute Gasteiger partial charge is 0.433 e. The molecule has 2 aromatic heterocycles.